The van der Waals surface area contributed by atoms with Crippen molar-refractivity contribution in [3.8, 4) is 0 Å². The lowest BCUT2D eigenvalue weighted by Crippen LogP contribution is -2.22. The first-order valence-electron chi connectivity index (χ1n) is 6.53. The summed E-state index contributed by atoms with van der Waals surface area (Å²) in [5.41, 5.74) is 3.24. The molecule has 1 nitrogen and oxygen atoms in total. The van der Waals surface area contributed by atoms with Crippen LogP contribution in [-0.4, -0.2) is 5.78 Å². The molecule has 0 spiro atoms. The molecular weight excluding hydrogens is 196 g/mol. The Morgan fingerprint density at radius 2 is 2.19 bits per heavy atom. The van der Waals surface area contributed by atoms with Crippen molar-refractivity contribution in [3.05, 3.63) is 34.9 Å². The van der Waals surface area contributed by atoms with Gasteiger partial charge < -0.3 is 0 Å². The van der Waals surface area contributed by atoms with E-state index >= 15 is 0 Å². The van der Waals surface area contributed by atoms with E-state index in [-0.39, 0.29) is 17.6 Å². The minimum Gasteiger partial charge on any atom is -0.299 e. The third kappa shape index (κ3) is 2.18. The van der Waals surface area contributed by atoms with Gasteiger partial charge in [0.2, 0.25) is 0 Å². The lowest BCUT2D eigenvalue weighted by atomic mass is 9.85. The van der Waals surface area contributed by atoms with Gasteiger partial charge >= 0.3 is 0 Å². The molecule has 0 amide bonds. The Hall–Kier alpha value is -1.11. The number of aryl methyl sites for hydroxylation is 1. The van der Waals surface area contributed by atoms with E-state index in [1.54, 1.807) is 0 Å². The number of benzene rings is 1. The van der Waals surface area contributed by atoms with E-state index in [1.807, 2.05) is 39.0 Å². The molecule has 0 N–H and O–H groups in total. The molecule has 0 fully saturated rings. The molecule has 1 aliphatic rings. The molecule has 0 aromatic heterocycles. The molecule has 0 radical (unpaired) electrons. The van der Waals surface area contributed by atoms with Gasteiger partial charge in [-0.05, 0) is 35.9 Å². The van der Waals surface area contributed by atoms with Gasteiger partial charge in [0.05, 0.1) is 0 Å². The Morgan fingerprint density at radius 3 is 2.88 bits per heavy atom. The molecule has 1 heteroatoms. The number of Topliss-reactive ketones (excluding diaryl/α,β-unsaturated/α-hetero) is 1. The van der Waals surface area contributed by atoms with Crippen LogP contribution in [0.3, 0.4) is 0 Å². The summed E-state index contributed by atoms with van der Waals surface area (Å²) in [6.07, 6.45) is 2.28. The van der Waals surface area contributed by atoms with Crippen LogP contribution in [-0.2, 0) is 24.0 Å². The zero-order valence-corrected chi connectivity index (χ0v) is 10.3. The van der Waals surface area contributed by atoms with Gasteiger partial charge in [-0.1, -0.05) is 39.0 Å². The van der Waals surface area contributed by atoms with Crippen LogP contribution in [0, 0.1) is 5.41 Å². The predicted octanol–water partition coefficient (Wildman–Crippen LogP) is 3.33. The second-order valence-electron chi connectivity index (χ2n) is 5.58. The van der Waals surface area contributed by atoms with Gasteiger partial charge in [-0.15, -0.1) is 0 Å². The van der Waals surface area contributed by atoms with Crippen LogP contribution >= 0.6 is 0 Å². The highest BCUT2D eigenvalue weighted by atomic mass is 16.1. The van der Waals surface area contributed by atoms with Gasteiger partial charge in [-0.3, -0.25) is 4.79 Å². The number of hydrogen-bond acceptors (Lipinski definition) is 1. The fraction of sp³-hybridized carbons (Fsp3) is 0.533. The van der Waals surface area contributed by atoms with E-state index in [0.29, 0.717) is 6.42 Å². The summed E-state index contributed by atoms with van der Waals surface area (Å²) in [6.45, 7) is 5.89. The van der Waals surface area contributed by atoms with Crippen molar-refractivity contribution in [3.63, 3.8) is 0 Å². The topological polar surface area (TPSA) is 17.1 Å². The van der Waals surface area contributed by atoms with Crippen molar-refractivity contribution in [2.75, 3.05) is 0 Å². The second kappa shape index (κ2) is 4.04. The zero-order valence-electron chi connectivity index (χ0n) is 11.3. The molecule has 1 aromatic carbocycles. The summed E-state index contributed by atoms with van der Waals surface area (Å²) in [5.74, 6) is 0.277. The van der Waals surface area contributed by atoms with E-state index in [4.69, 9.17) is 1.37 Å². The molecule has 1 aliphatic carbocycles. The Morgan fingerprint density at radius 1 is 1.44 bits per heavy atom. The van der Waals surface area contributed by atoms with Crippen LogP contribution in [0.2, 0.25) is 0 Å². The van der Waals surface area contributed by atoms with Crippen LogP contribution < -0.4 is 0 Å². The first-order chi connectivity index (χ1) is 7.89. The van der Waals surface area contributed by atoms with Gasteiger partial charge in [0.1, 0.15) is 5.78 Å². The van der Waals surface area contributed by atoms with E-state index < -0.39 is 0 Å². The molecule has 0 aliphatic heterocycles. The average molecular weight is 217 g/mol. The summed E-state index contributed by atoms with van der Waals surface area (Å²) < 4.78 is 7.93. The van der Waals surface area contributed by atoms with Crippen molar-refractivity contribution in [1.82, 2.24) is 0 Å². The summed E-state index contributed by atoms with van der Waals surface area (Å²) in [4.78, 5) is 12.1. The van der Waals surface area contributed by atoms with Crippen molar-refractivity contribution in [1.29, 1.82) is 0 Å². The Labute approximate surface area is 99.3 Å². The number of ketones is 1. The number of fused-ring (bicyclic) bond motifs is 1. The third-order valence-corrected chi connectivity index (χ3v) is 3.26. The molecule has 0 heterocycles. The van der Waals surface area contributed by atoms with Crippen LogP contribution in [0.15, 0.2) is 18.2 Å². The highest BCUT2D eigenvalue weighted by Gasteiger charge is 2.23. The fourth-order valence-electron chi connectivity index (χ4n) is 2.13. The molecule has 1 unspecified atom stereocenters. The normalized spacial score (nSPS) is 20.4. The number of hydrogen-bond donors (Lipinski definition) is 0. The second-order valence-corrected chi connectivity index (χ2v) is 5.58. The maximum absolute atomic E-state index is 12.1. The van der Waals surface area contributed by atoms with Crippen molar-refractivity contribution in [2.24, 2.45) is 5.41 Å². The Bertz CT molecular complexity index is 443. The van der Waals surface area contributed by atoms with Crippen LogP contribution in [0.4, 0.5) is 0 Å². The van der Waals surface area contributed by atoms with Gasteiger partial charge in [0, 0.05) is 13.2 Å². The highest BCUT2D eigenvalue weighted by Crippen LogP contribution is 2.27. The van der Waals surface area contributed by atoms with E-state index in [2.05, 4.69) is 0 Å². The number of rotatable bonds is 2. The van der Waals surface area contributed by atoms with Crippen LogP contribution in [0.25, 0.3) is 0 Å². The molecule has 86 valence electrons. The summed E-state index contributed by atoms with van der Waals surface area (Å²) in [7, 11) is 0. The van der Waals surface area contributed by atoms with Gasteiger partial charge in [-0.2, -0.15) is 0 Å². The predicted molar refractivity (Wildman–Crippen MR) is 66.6 cm³/mol. The minimum absolute atomic E-state index is 0.0883. The third-order valence-electron chi connectivity index (χ3n) is 3.26. The molecular formula is C15H20O. The fourth-order valence-corrected chi connectivity index (χ4v) is 2.13. The summed E-state index contributed by atoms with van der Waals surface area (Å²) in [5, 5.41) is 0. The number of carbonyl (C=O) groups is 1. The standard InChI is InChI=1S/C15H20O/c1-15(2,3)14(16)10-12-8-4-6-11-7-5-9-13(11)12/h4,6,8H,5,7,9-10H2,1-3H3/i7D. The smallest absolute Gasteiger partial charge is 0.142 e. The molecule has 2 rings (SSSR count). The molecule has 1 aromatic rings. The first-order valence-corrected chi connectivity index (χ1v) is 5.96. The van der Waals surface area contributed by atoms with Crippen molar-refractivity contribution >= 4 is 5.78 Å². The molecule has 1 atom stereocenters. The number of carbonyl (C=O) groups excluding carboxylic acids is 1. The van der Waals surface area contributed by atoms with Gasteiger partial charge in [-0.25, -0.2) is 0 Å². The van der Waals surface area contributed by atoms with Crippen LogP contribution in [0.5, 0.6) is 0 Å². The van der Waals surface area contributed by atoms with Gasteiger partial charge in [0.15, 0.2) is 0 Å². The monoisotopic (exact) mass is 217 g/mol. The SMILES string of the molecule is [2H]C1CCc2c(CC(=O)C(C)(C)C)cccc21. The van der Waals surface area contributed by atoms with E-state index in [0.717, 1.165) is 24.0 Å². The largest absolute Gasteiger partial charge is 0.299 e. The maximum Gasteiger partial charge on any atom is 0.142 e. The molecule has 0 bridgehead atoms. The van der Waals surface area contributed by atoms with E-state index in [1.165, 1.54) is 5.56 Å². The average Bonchev–Trinajstić information content (AvgIpc) is 2.60. The maximum atomic E-state index is 12.1. The Kier molecular flexibility index (Phi) is 2.55. The van der Waals surface area contributed by atoms with Crippen LogP contribution in [0.1, 0.15) is 45.3 Å². The highest BCUT2D eigenvalue weighted by molar-refractivity contribution is 5.86. The summed E-state index contributed by atoms with van der Waals surface area (Å²) in [6, 6.07) is 6.06. The van der Waals surface area contributed by atoms with E-state index in [9.17, 15) is 4.79 Å². The molecule has 0 saturated carbocycles. The first kappa shape index (κ1) is 10.1. The van der Waals surface area contributed by atoms with Gasteiger partial charge in [0.25, 0.3) is 0 Å². The summed E-state index contributed by atoms with van der Waals surface area (Å²) >= 11 is 0. The zero-order chi connectivity index (χ0) is 12.6. The van der Waals surface area contributed by atoms with Crippen molar-refractivity contribution in [2.45, 2.75) is 46.4 Å². The molecule has 0 saturated heterocycles. The quantitative estimate of drug-likeness (QED) is 0.742. The molecule has 16 heavy (non-hydrogen) atoms. The Balaban J connectivity index is 2.27. The van der Waals surface area contributed by atoms with Crippen molar-refractivity contribution < 1.29 is 6.17 Å². The minimum atomic E-state index is -0.276. The lowest BCUT2D eigenvalue weighted by molar-refractivity contribution is -0.125. The lowest BCUT2D eigenvalue weighted by Gasteiger charge is -2.17.